The lowest BCUT2D eigenvalue weighted by Gasteiger charge is -2.27. The highest BCUT2D eigenvalue weighted by atomic mass is 35.5. The van der Waals surface area contributed by atoms with Crippen molar-refractivity contribution in [1.82, 2.24) is 25.3 Å². The smallest absolute Gasteiger partial charge is 0.407 e. The Labute approximate surface area is 237 Å². The van der Waals surface area contributed by atoms with E-state index in [1.165, 1.54) is 0 Å². The minimum atomic E-state index is -0.515. The second-order valence-corrected chi connectivity index (χ2v) is 10.8. The van der Waals surface area contributed by atoms with Gasteiger partial charge in [0.15, 0.2) is 5.69 Å². The molecule has 40 heavy (non-hydrogen) atoms. The van der Waals surface area contributed by atoms with Crippen molar-refractivity contribution in [3.8, 4) is 0 Å². The molecule has 0 aliphatic carbocycles. The van der Waals surface area contributed by atoms with Gasteiger partial charge in [-0.15, -0.1) is 0 Å². The summed E-state index contributed by atoms with van der Waals surface area (Å²) in [6.45, 7) is 4.38. The number of morpholine rings is 1. The maximum Gasteiger partial charge on any atom is 0.407 e. The molecular weight excluding hydrogens is 534 g/mol. The SMILES string of the molecule is Cn1nc(C(=O)NCc2ccc(Cl)cc2)c(=O)c2cc(CN3CCOCC3)cc(CCCCC3COC(=O)N3)c21. The second-order valence-electron chi connectivity index (χ2n) is 10.3. The van der Waals surface area contributed by atoms with E-state index in [2.05, 4.69) is 26.7 Å². The second kappa shape index (κ2) is 12.8. The van der Waals surface area contributed by atoms with E-state index in [0.29, 0.717) is 36.8 Å². The van der Waals surface area contributed by atoms with Crippen LogP contribution in [0.2, 0.25) is 5.02 Å². The number of hydrogen-bond donors (Lipinski definition) is 2. The molecule has 1 atom stereocenters. The Morgan fingerprint density at radius 1 is 1.12 bits per heavy atom. The molecule has 2 saturated heterocycles. The van der Waals surface area contributed by atoms with Gasteiger partial charge in [0, 0.05) is 38.2 Å². The third kappa shape index (κ3) is 6.80. The number of rotatable bonds is 10. The topological polar surface area (TPSA) is 115 Å². The van der Waals surface area contributed by atoms with Crippen molar-refractivity contribution in [2.45, 2.75) is 44.8 Å². The van der Waals surface area contributed by atoms with Crippen LogP contribution >= 0.6 is 11.6 Å². The lowest BCUT2D eigenvalue weighted by atomic mass is 9.98. The van der Waals surface area contributed by atoms with Gasteiger partial charge in [-0.3, -0.25) is 19.2 Å². The maximum absolute atomic E-state index is 13.7. The van der Waals surface area contributed by atoms with Crippen LogP contribution in [0.4, 0.5) is 4.79 Å². The van der Waals surface area contributed by atoms with Crippen LogP contribution in [-0.4, -0.2) is 65.6 Å². The summed E-state index contributed by atoms with van der Waals surface area (Å²) in [5, 5.41) is 11.2. The first-order chi connectivity index (χ1) is 19.4. The molecule has 2 aliphatic heterocycles. The maximum atomic E-state index is 13.7. The Morgan fingerprint density at radius 2 is 1.90 bits per heavy atom. The van der Waals surface area contributed by atoms with Crippen LogP contribution in [0.1, 0.15) is 46.4 Å². The molecule has 0 radical (unpaired) electrons. The number of fused-ring (bicyclic) bond motifs is 1. The van der Waals surface area contributed by atoms with Crippen molar-refractivity contribution in [2.24, 2.45) is 7.05 Å². The van der Waals surface area contributed by atoms with Crippen molar-refractivity contribution >= 4 is 34.5 Å². The van der Waals surface area contributed by atoms with Gasteiger partial charge in [-0.25, -0.2) is 4.79 Å². The van der Waals surface area contributed by atoms with Crippen LogP contribution in [0.5, 0.6) is 0 Å². The van der Waals surface area contributed by atoms with E-state index in [1.807, 2.05) is 18.2 Å². The lowest BCUT2D eigenvalue weighted by Crippen LogP contribution is -2.35. The Kier molecular flexibility index (Phi) is 8.98. The summed E-state index contributed by atoms with van der Waals surface area (Å²) in [7, 11) is 1.77. The Balaban J connectivity index is 1.39. The molecular formula is C29H34ClN5O5. The fraction of sp³-hybridized carbons (Fsp3) is 0.448. The zero-order valence-electron chi connectivity index (χ0n) is 22.6. The summed E-state index contributed by atoms with van der Waals surface area (Å²) in [4.78, 5) is 40.4. The van der Waals surface area contributed by atoms with Crippen LogP contribution in [0.15, 0.2) is 41.2 Å². The molecule has 11 heteroatoms. The predicted octanol–water partition coefficient (Wildman–Crippen LogP) is 3.17. The number of benzene rings is 2. The Morgan fingerprint density at radius 3 is 2.62 bits per heavy atom. The first-order valence-corrected chi connectivity index (χ1v) is 14.0. The number of alkyl carbamates (subject to hydrolysis) is 1. The fourth-order valence-corrected chi connectivity index (χ4v) is 5.42. The van der Waals surface area contributed by atoms with Crippen LogP contribution in [0.25, 0.3) is 10.9 Å². The summed E-state index contributed by atoms with van der Waals surface area (Å²) in [6, 6.07) is 11.3. The molecule has 212 valence electrons. The van der Waals surface area contributed by atoms with Crippen molar-refractivity contribution < 1.29 is 19.1 Å². The monoisotopic (exact) mass is 567 g/mol. The summed E-state index contributed by atoms with van der Waals surface area (Å²) >= 11 is 5.96. The average molecular weight is 568 g/mol. The van der Waals surface area contributed by atoms with Gasteiger partial charge in [-0.1, -0.05) is 36.2 Å². The van der Waals surface area contributed by atoms with Crippen molar-refractivity contribution in [3.63, 3.8) is 0 Å². The number of carbonyl (C=O) groups excluding carboxylic acids is 2. The van der Waals surface area contributed by atoms with Gasteiger partial charge in [0.1, 0.15) is 6.61 Å². The van der Waals surface area contributed by atoms with Crippen LogP contribution in [-0.2, 0) is 36.0 Å². The number of cyclic esters (lactones) is 1. The average Bonchev–Trinajstić information content (AvgIpc) is 3.37. The van der Waals surface area contributed by atoms with Crippen molar-refractivity contribution in [3.05, 3.63) is 74.0 Å². The molecule has 1 unspecified atom stereocenters. The standard InChI is InChI=1S/C29H34ClN5O5/c1-34-26-21(4-2-3-5-23-18-40-29(38)32-23)14-20(17-35-10-12-39-13-11-35)15-24(26)27(36)25(33-34)28(37)31-16-19-6-8-22(30)9-7-19/h6-9,14-15,23H,2-5,10-13,16-18H2,1H3,(H,31,37)(H,32,38). The zero-order valence-corrected chi connectivity index (χ0v) is 23.3. The third-order valence-electron chi connectivity index (χ3n) is 7.36. The molecule has 2 aromatic carbocycles. The van der Waals surface area contributed by atoms with Gasteiger partial charge in [0.05, 0.1) is 30.2 Å². The molecule has 2 N–H and O–H groups in total. The molecule has 0 bridgehead atoms. The fourth-order valence-electron chi connectivity index (χ4n) is 5.29. The molecule has 2 aliphatic rings. The van der Waals surface area contributed by atoms with E-state index in [4.69, 9.17) is 21.1 Å². The van der Waals surface area contributed by atoms with Crippen molar-refractivity contribution in [2.75, 3.05) is 32.9 Å². The van der Waals surface area contributed by atoms with E-state index in [1.54, 1.807) is 23.9 Å². The van der Waals surface area contributed by atoms with Gasteiger partial charge >= 0.3 is 6.09 Å². The number of unbranched alkanes of at least 4 members (excludes halogenated alkanes) is 1. The lowest BCUT2D eigenvalue weighted by molar-refractivity contribution is 0.0342. The van der Waals surface area contributed by atoms with Crippen LogP contribution in [0.3, 0.4) is 0 Å². The van der Waals surface area contributed by atoms with E-state index in [-0.39, 0.29) is 29.8 Å². The van der Waals surface area contributed by atoms with Crippen LogP contribution < -0.4 is 16.1 Å². The largest absolute Gasteiger partial charge is 0.447 e. The number of nitrogens with zero attached hydrogens (tertiary/aromatic N) is 3. The molecule has 5 rings (SSSR count). The number of carbonyl (C=O) groups is 2. The molecule has 1 aromatic heterocycles. The Hall–Kier alpha value is -3.47. The number of ether oxygens (including phenoxy) is 2. The van der Waals surface area contributed by atoms with Gasteiger partial charge in [-0.2, -0.15) is 5.10 Å². The van der Waals surface area contributed by atoms with Gasteiger partial charge in [0.25, 0.3) is 5.91 Å². The highest BCUT2D eigenvalue weighted by molar-refractivity contribution is 6.30. The number of halogens is 1. The van der Waals surface area contributed by atoms with Gasteiger partial charge in [0.2, 0.25) is 5.43 Å². The molecule has 0 spiro atoms. The molecule has 3 aromatic rings. The minimum Gasteiger partial charge on any atom is -0.447 e. The molecule has 2 fully saturated rings. The number of nitrogens with one attached hydrogen (secondary N) is 2. The van der Waals surface area contributed by atoms with E-state index in [0.717, 1.165) is 61.0 Å². The quantitative estimate of drug-likeness (QED) is 0.362. The first kappa shape index (κ1) is 28.1. The minimum absolute atomic E-state index is 0.0388. The molecule has 10 nitrogen and oxygen atoms in total. The molecule has 3 heterocycles. The van der Waals surface area contributed by atoms with Gasteiger partial charge in [-0.05, 0) is 54.2 Å². The number of aromatic nitrogens is 2. The number of hydrogen-bond acceptors (Lipinski definition) is 7. The highest BCUT2D eigenvalue weighted by Crippen LogP contribution is 2.23. The summed E-state index contributed by atoms with van der Waals surface area (Å²) < 4.78 is 12.1. The van der Waals surface area contributed by atoms with E-state index >= 15 is 0 Å². The van der Waals surface area contributed by atoms with Crippen LogP contribution in [0, 0.1) is 0 Å². The van der Waals surface area contributed by atoms with Gasteiger partial charge < -0.3 is 20.1 Å². The zero-order chi connectivity index (χ0) is 28.1. The summed E-state index contributed by atoms with van der Waals surface area (Å²) in [5.41, 5.74) is 3.15. The normalized spacial score (nSPS) is 17.6. The molecule has 2 amide bonds. The third-order valence-corrected chi connectivity index (χ3v) is 7.61. The number of amides is 2. The highest BCUT2D eigenvalue weighted by Gasteiger charge is 2.22. The van der Waals surface area contributed by atoms with E-state index in [9.17, 15) is 14.4 Å². The summed E-state index contributed by atoms with van der Waals surface area (Å²) in [5.74, 6) is -0.515. The predicted molar refractivity (Wildman–Crippen MR) is 152 cm³/mol. The van der Waals surface area contributed by atoms with E-state index < -0.39 is 5.91 Å². The first-order valence-electron chi connectivity index (χ1n) is 13.7. The Bertz CT molecular complexity index is 1440. The van der Waals surface area contributed by atoms with Crippen molar-refractivity contribution in [1.29, 1.82) is 0 Å². The molecule has 0 saturated carbocycles. The number of aryl methyl sites for hydroxylation is 2. The summed E-state index contributed by atoms with van der Waals surface area (Å²) in [6.07, 6.45) is 2.98.